The second-order valence-electron chi connectivity index (χ2n) is 38.2. The molecule has 3 atom stereocenters. The van der Waals surface area contributed by atoms with Crippen LogP contribution in [0.2, 0.25) is 0 Å². The number of amides is 4. The van der Waals surface area contributed by atoms with Crippen molar-refractivity contribution >= 4 is 46.4 Å². The minimum Gasteiger partial charge on any atom is -0.327 e. The zero-order valence-electron chi connectivity index (χ0n) is 76.5. The highest BCUT2D eigenvalue weighted by molar-refractivity contribution is 6.06. The zero-order chi connectivity index (χ0) is 92.3. The third kappa shape index (κ3) is 26.5. The lowest BCUT2D eigenvalue weighted by atomic mass is 9.86. The van der Waals surface area contributed by atoms with Crippen molar-refractivity contribution in [2.75, 3.05) is 73.6 Å². The predicted molar refractivity (Wildman–Crippen MR) is 515 cm³/mol. The number of rotatable bonds is 20. The van der Waals surface area contributed by atoms with Crippen LogP contribution in [0.3, 0.4) is 0 Å². The Labute approximate surface area is 758 Å². The first-order chi connectivity index (χ1) is 62.2. The molecule has 3 unspecified atom stereocenters. The van der Waals surface area contributed by atoms with Gasteiger partial charge in [0.2, 0.25) is 0 Å². The standard InChI is InChI=1S/C27H32N4O2.C26H31N5O2.2C25H29N5O2/c1-27(2,3)21-9-7-19(8-10-21)25(32)31-24-16-20(17-29-26(24)33)23-6-4-5-22(30-23)15-18-11-13-28-14-12-18;1-26(2,3)20-8-6-18(7-9-20)24(32)31-22-14-19(16-29-25(22)33)21-10-12-28-23(30-21)13-17-5-4-11-27-15-17;2*1-25(2,3)19-6-4-17(5-7-19)23(31)30-21-13-18(15-28-24(21)32)20-9-11-27-22(29-20)12-16-8-10-26-14-16/h4-10,16-18,28H,11-15H2,1-3H3,(H,29,33)(H,31,32);6-10,12,14,16-17,27H,4-5,11,13,15H2,1-3H3,(H,29,33)(H,31,32);2*4-7,9,11,13,15-16,26H,8,10,12,14H2,1-3H3,(H,28,32)(H,30,31). The molecule has 4 amide bonds. The molecule has 0 radical (unpaired) electrons. The predicted octanol–water partition coefficient (Wildman–Crippen LogP) is 15.5. The summed E-state index contributed by atoms with van der Waals surface area (Å²) >= 11 is 0. The number of carbonyl (C=O) groups excluding carboxylic acids is 4. The van der Waals surface area contributed by atoms with Gasteiger partial charge in [-0.2, -0.15) is 0 Å². The molecular formula is C103H121N19O8. The Balaban J connectivity index is 0.000000148. The zero-order valence-corrected chi connectivity index (χ0v) is 76.5. The number of benzene rings is 4. The molecule has 4 fully saturated rings. The van der Waals surface area contributed by atoms with E-state index in [2.05, 4.69) is 177 Å². The van der Waals surface area contributed by atoms with Crippen molar-refractivity contribution in [2.45, 2.75) is 169 Å². The number of nitrogens with zero attached hydrogens (tertiary/aromatic N) is 7. The number of anilines is 4. The number of hydrogen-bond acceptors (Lipinski definition) is 19. The van der Waals surface area contributed by atoms with Crippen molar-refractivity contribution in [2.24, 2.45) is 23.7 Å². The van der Waals surface area contributed by atoms with E-state index in [0.717, 1.165) is 177 Å². The third-order valence-electron chi connectivity index (χ3n) is 23.9. The van der Waals surface area contributed by atoms with Crippen LogP contribution in [-0.2, 0) is 47.3 Å². The topological polar surface area (TPSA) is 386 Å². The van der Waals surface area contributed by atoms with E-state index in [0.29, 0.717) is 63.0 Å². The Bertz CT molecular complexity index is 5780. The molecule has 12 N–H and O–H groups in total. The molecule has 16 rings (SSSR count). The van der Waals surface area contributed by atoms with Gasteiger partial charge in [0.25, 0.3) is 45.9 Å². The molecular weight excluding hydrogens is 1630 g/mol. The first-order valence-electron chi connectivity index (χ1n) is 45.0. The van der Waals surface area contributed by atoms with E-state index in [4.69, 9.17) is 9.97 Å². The molecule has 27 nitrogen and oxygen atoms in total. The largest absolute Gasteiger partial charge is 0.327 e. The molecule has 130 heavy (non-hydrogen) atoms. The van der Waals surface area contributed by atoms with Crippen molar-refractivity contribution in [3.63, 3.8) is 0 Å². The minimum absolute atomic E-state index is 0.00434. The number of aromatic nitrogens is 11. The molecule has 0 aliphatic carbocycles. The first-order valence-corrected chi connectivity index (χ1v) is 45.0. The highest BCUT2D eigenvalue weighted by Crippen LogP contribution is 2.31. The lowest BCUT2D eigenvalue weighted by molar-refractivity contribution is 0.101. The van der Waals surface area contributed by atoms with Crippen LogP contribution in [0, 0.1) is 23.7 Å². The molecule has 12 heterocycles. The highest BCUT2D eigenvalue weighted by Gasteiger charge is 2.26. The SMILES string of the molecule is CC(C)(C)c1ccc(C(=O)Nc2cc(-c3cccc(CC4CCNCC4)n3)c[nH]c2=O)cc1.CC(C)(C)c1ccc(C(=O)Nc2cc(-c3ccnc(CC4CCCNC4)n3)c[nH]c2=O)cc1.CC(C)(C)c1ccc(C(=O)Nc2cc(-c3ccnc(CC4CCNC4)n3)c[nH]c2=O)cc1.CC(C)(C)c1ccc(C(=O)Nc2cc(-c3ccnc(CC4CCNC4)n3)c[nH]c2=O)cc1. The summed E-state index contributed by atoms with van der Waals surface area (Å²) < 4.78 is 0. The lowest BCUT2D eigenvalue weighted by Crippen LogP contribution is -2.31. The third-order valence-corrected chi connectivity index (χ3v) is 23.9. The van der Waals surface area contributed by atoms with E-state index in [1.807, 2.05) is 66.7 Å². The fourth-order valence-electron chi connectivity index (χ4n) is 15.9. The second-order valence-corrected chi connectivity index (χ2v) is 38.2. The Morgan fingerprint density at radius 2 is 0.592 bits per heavy atom. The van der Waals surface area contributed by atoms with Crippen LogP contribution in [0.15, 0.2) is 220 Å². The molecule has 0 saturated carbocycles. The summed E-state index contributed by atoms with van der Waals surface area (Å²) in [5.74, 6) is 3.32. The van der Waals surface area contributed by atoms with Gasteiger partial charge in [-0.3, -0.25) is 43.3 Å². The maximum Gasteiger partial charge on any atom is 0.271 e. The first kappa shape index (κ1) is 94.4. The molecule has 12 aromatic rings. The fourth-order valence-corrected chi connectivity index (χ4v) is 15.9. The molecule has 4 saturated heterocycles. The van der Waals surface area contributed by atoms with Gasteiger partial charge in [0.1, 0.15) is 40.2 Å². The monoisotopic (exact) mass is 1750 g/mol. The molecule has 0 bridgehead atoms. The number of hydrogen-bond donors (Lipinski definition) is 12. The van der Waals surface area contributed by atoms with Crippen LogP contribution in [0.4, 0.5) is 22.7 Å². The Kier molecular flexibility index (Phi) is 31.1. The van der Waals surface area contributed by atoms with Gasteiger partial charge in [0, 0.05) is 113 Å². The minimum atomic E-state index is -0.361. The van der Waals surface area contributed by atoms with Crippen LogP contribution >= 0.6 is 0 Å². The van der Waals surface area contributed by atoms with Gasteiger partial charge < -0.3 is 62.5 Å². The van der Waals surface area contributed by atoms with Crippen LogP contribution in [0.5, 0.6) is 0 Å². The Hall–Kier alpha value is -13.2. The Morgan fingerprint density at radius 1 is 0.315 bits per heavy atom. The second kappa shape index (κ2) is 42.8. The quantitative estimate of drug-likeness (QED) is 0.0337. The summed E-state index contributed by atoms with van der Waals surface area (Å²) in [6.45, 7) is 33.7. The molecule has 0 spiro atoms. The molecule has 4 aliphatic rings. The van der Waals surface area contributed by atoms with Gasteiger partial charge in [-0.25, -0.2) is 29.9 Å². The van der Waals surface area contributed by atoms with Crippen molar-refractivity contribution in [1.29, 1.82) is 0 Å². The summed E-state index contributed by atoms with van der Waals surface area (Å²) in [5.41, 5.74) is 12.8. The van der Waals surface area contributed by atoms with Crippen molar-refractivity contribution in [3.05, 3.63) is 310 Å². The van der Waals surface area contributed by atoms with E-state index < -0.39 is 0 Å². The summed E-state index contributed by atoms with van der Waals surface area (Å²) in [5, 5.41) is 24.5. The number of carbonyl (C=O) groups is 4. The van der Waals surface area contributed by atoms with E-state index in [1.165, 1.54) is 12.8 Å². The van der Waals surface area contributed by atoms with Gasteiger partial charge in [-0.05, 0) is 268 Å². The van der Waals surface area contributed by atoms with E-state index in [1.54, 1.807) is 128 Å². The average Bonchev–Trinajstić information content (AvgIpc) is 1.05. The number of nitrogens with one attached hydrogen (secondary N) is 12. The van der Waals surface area contributed by atoms with Crippen LogP contribution in [0.1, 0.15) is 208 Å². The summed E-state index contributed by atoms with van der Waals surface area (Å²) in [6.07, 6.45) is 22.0. The van der Waals surface area contributed by atoms with Crippen LogP contribution in [-0.4, -0.2) is 131 Å². The number of piperidine rings is 2. The smallest absolute Gasteiger partial charge is 0.271 e. The summed E-state index contributed by atoms with van der Waals surface area (Å²) in [7, 11) is 0. The molecule has 8 aromatic heterocycles. The molecule has 27 heteroatoms. The van der Waals surface area contributed by atoms with Gasteiger partial charge in [0.15, 0.2) is 0 Å². The van der Waals surface area contributed by atoms with Gasteiger partial charge in [-0.1, -0.05) is 138 Å². The maximum atomic E-state index is 12.8. The average molecular weight is 1750 g/mol. The van der Waals surface area contributed by atoms with Gasteiger partial charge in [0.05, 0.1) is 22.8 Å². The number of aromatic amines is 4. The van der Waals surface area contributed by atoms with Gasteiger partial charge >= 0.3 is 0 Å². The normalized spacial score (nSPS) is 15.9. The fraction of sp³-hybridized carbons (Fsp3) is 0.369. The van der Waals surface area contributed by atoms with Crippen LogP contribution in [0.25, 0.3) is 45.0 Å². The highest BCUT2D eigenvalue weighted by atomic mass is 16.2. The number of pyridine rings is 5. The van der Waals surface area contributed by atoms with Crippen molar-refractivity contribution in [1.82, 2.24) is 76.1 Å². The summed E-state index contributed by atoms with van der Waals surface area (Å²) in [6, 6.07) is 47.9. The van der Waals surface area contributed by atoms with E-state index in [9.17, 15) is 38.4 Å². The maximum absolute atomic E-state index is 12.8. The molecule has 676 valence electrons. The Morgan fingerprint density at radius 3 is 0.877 bits per heavy atom. The van der Waals surface area contributed by atoms with Crippen molar-refractivity contribution in [3.8, 4) is 45.0 Å². The number of H-pyrrole nitrogens is 4. The van der Waals surface area contributed by atoms with Crippen molar-refractivity contribution < 1.29 is 19.2 Å². The van der Waals surface area contributed by atoms with Crippen LogP contribution < -0.4 is 64.8 Å². The van der Waals surface area contributed by atoms with Gasteiger partial charge in [-0.15, -0.1) is 0 Å². The summed E-state index contributed by atoms with van der Waals surface area (Å²) in [4.78, 5) is 143. The molecule has 4 aliphatic heterocycles. The lowest BCUT2D eigenvalue weighted by Gasteiger charge is -2.22. The van der Waals surface area contributed by atoms with E-state index in [-0.39, 0.29) is 90.3 Å². The molecule has 4 aromatic carbocycles. The van der Waals surface area contributed by atoms with E-state index >= 15 is 0 Å².